The number of nitrogens with zero attached hydrogens (tertiary/aromatic N) is 1. The number of halogens is 1. The number of aromatic nitrogens is 1. The van der Waals surface area contributed by atoms with E-state index in [0.29, 0.717) is 22.2 Å². The Labute approximate surface area is 136 Å². The SMILES string of the molecule is Cc1csc(NC(=O)c2ccc(Oc3ccc(F)cc3)cc2)n1. The highest BCUT2D eigenvalue weighted by atomic mass is 32.1. The van der Waals surface area contributed by atoms with Crippen LogP contribution < -0.4 is 10.1 Å². The monoisotopic (exact) mass is 328 g/mol. The van der Waals surface area contributed by atoms with Gasteiger partial charge in [-0.2, -0.15) is 0 Å². The first-order chi connectivity index (χ1) is 11.1. The number of thiazole rings is 1. The highest BCUT2D eigenvalue weighted by Crippen LogP contribution is 2.22. The first-order valence-electron chi connectivity index (χ1n) is 6.87. The Morgan fingerprint density at radius 1 is 1.09 bits per heavy atom. The third-order valence-corrected chi connectivity index (χ3v) is 3.88. The Balaban J connectivity index is 1.66. The average Bonchev–Trinajstić information content (AvgIpc) is 2.95. The summed E-state index contributed by atoms with van der Waals surface area (Å²) in [5.41, 5.74) is 1.37. The number of aryl methyl sites for hydroxylation is 1. The number of ether oxygens (including phenoxy) is 1. The Morgan fingerprint density at radius 2 is 1.70 bits per heavy atom. The summed E-state index contributed by atoms with van der Waals surface area (Å²) in [6.07, 6.45) is 0. The van der Waals surface area contributed by atoms with Crippen molar-refractivity contribution in [2.75, 3.05) is 5.32 Å². The summed E-state index contributed by atoms with van der Waals surface area (Å²) in [6.45, 7) is 1.87. The number of benzene rings is 2. The summed E-state index contributed by atoms with van der Waals surface area (Å²) < 4.78 is 18.4. The lowest BCUT2D eigenvalue weighted by Gasteiger charge is -2.06. The van der Waals surface area contributed by atoms with Gasteiger partial charge in [-0.3, -0.25) is 10.1 Å². The average molecular weight is 328 g/mol. The zero-order chi connectivity index (χ0) is 16.2. The second kappa shape index (κ2) is 6.58. The Morgan fingerprint density at radius 3 is 2.26 bits per heavy atom. The topological polar surface area (TPSA) is 51.2 Å². The van der Waals surface area contributed by atoms with E-state index in [1.54, 1.807) is 36.4 Å². The summed E-state index contributed by atoms with van der Waals surface area (Å²) in [7, 11) is 0. The third kappa shape index (κ3) is 3.92. The molecule has 0 atom stereocenters. The molecule has 1 amide bonds. The molecule has 0 bridgehead atoms. The number of hydrogen-bond donors (Lipinski definition) is 1. The van der Waals surface area contributed by atoms with Crippen LogP contribution in [0.15, 0.2) is 53.9 Å². The maximum absolute atomic E-state index is 12.8. The van der Waals surface area contributed by atoms with Crippen LogP contribution in [0.1, 0.15) is 16.1 Å². The molecule has 0 radical (unpaired) electrons. The number of carbonyl (C=O) groups is 1. The van der Waals surface area contributed by atoms with Gasteiger partial charge in [-0.15, -0.1) is 11.3 Å². The van der Waals surface area contributed by atoms with Gasteiger partial charge >= 0.3 is 0 Å². The zero-order valence-corrected chi connectivity index (χ0v) is 13.1. The minimum absolute atomic E-state index is 0.229. The molecule has 0 aliphatic carbocycles. The molecule has 0 unspecified atom stereocenters. The second-order valence-electron chi connectivity index (χ2n) is 4.83. The van der Waals surface area contributed by atoms with Crippen molar-refractivity contribution in [2.45, 2.75) is 6.92 Å². The summed E-state index contributed by atoms with van der Waals surface area (Å²) in [6, 6.07) is 12.4. The van der Waals surface area contributed by atoms with E-state index in [-0.39, 0.29) is 11.7 Å². The summed E-state index contributed by atoms with van der Waals surface area (Å²) >= 11 is 1.38. The van der Waals surface area contributed by atoms with Crippen molar-refractivity contribution in [3.63, 3.8) is 0 Å². The van der Waals surface area contributed by atoms with Crippen molar-refractivity contribution in [3.8, 4) is 11.5 Å². The van der Waals surface area contributed by atoms with Gasteiger partial charge in [0.25, 0.3) is 5.91 Å². The standard InChI is InChI=1S/C17H13FN2O2S/c1-11-10-23-17(19-11)20-16(21)12-2-6-14(7-3-12)22-15-8-4-13(18)5-9-15/h2-10H,1H3,(H,19,20,21). The number of anilines is 1. The summed E-state index contributed by atoms with van der Waals surface area (Å²) in [5.74, 6) is 0.551. The van der Waals surface area contributed by atoms with Gasteiger partial charge in [-0.25, -0.2) is 9.37 Å². The van der Waals surface area contributed by atoms with Crippen molar-refractivity contribution < 1.29 is 13.9 Å². The Kier molecular flexibility index (Phi) is 4.34. The predicted octanol–water partition coefficient (Wildman–Crippen LogP) is 4.64. The largest absolute Gasteiger partial charge is 0.457 e. The van der Waals surface area contributed by atoms with Crippen LogP contribution in [-0.2, 0) is 0 Å². The number of hydrogen-bond acceptors (Lipinski definition) is 4. The molecule has 3 rings (SSSR count). The molecule has 0 saturated heterocycles. The molecular weight excluding hydrogens is 315 g/mol. The van der Waals surface area contributed by atoms with E-state index in [1.165, 1.54) is 23.5 Å². The van der Waals surface area contributed by atoms with Gasteiger partial charge in [0.2, 0.25) is 0 Å². The van der Waals surface area contributed by atoms with Crippen molar-refractivity contribution >= 4 is 22.4 Å². The maximum atomic E-state index is 12.8. The molecule has 23 heavy (non-hydrogen) atoms. The molecule has 1 aromatic heterocycles. The molecule has 1 heterocycles. The van der Waals surface area contributed by atoms with Gasteiger partial charge in [0.05, 0.1) is 5.69 Å². The third-order valence-electron chi connectivity index (χ3n) is 3.01. The fourth-order valence-corrected chi connectivity index (χ4v) is 2.58. The Bertz CT molecular complexity index is 813. The van der Waals surface area contributed by atoms with E-state index in [9.17, 15) is 9.18 Å². The van der Waals surface area contributed by atoms with Crippen LogP contribution in [0.25, 0.3) is 0 Å². The molecule has 4 nitrogen and oxygen atoms in total. The van der Waals surface area contributed by atoms with Gasteiger partial charge in [0.15, 0.2) is 5.13 Å². The van der Waals surface area contributed by atoms with Gasteiger partial charge in [0.1, 0.15) is 17.3 Å². The molecule has 6 heteroatoms. The van der Waals surface area contributed by atoms with Crippen LogP contribution in [0, 0.1) is 12.7 Å². The molecule has 0 spiro atoms. The normalized spacial score (nSPS) is 10.3. The minimum atomic E-state index is -0.318. The van der Waals surface area contributed by atoms with Gasteiger partial charge in [-0.1, -0.05) is 0 Å². The fraction of sp³-hybridized carbons (Fsp3) is 0.0588. The minimum Gasteiger partial charge on any atom is -0.457 e. The van der Waals surface area contributed by atoms with Crippen molar-refractivity contribution in [2.24, 2.45) is 0 Å². The first kappa shape index (κ1) is 15.2. The molecule has 116 valence electrons. The molecule has 3 aromatic rings. The predicted molar refractivity (Wildman–Crippen MR) is 87.7 cm³/mol. The van der Waals surface area contributed by atoms with E-state index < -0.39 is 0 Å². The Hall–Kier alpha value is -2.73. The number of amides is 1. The van der Waals surface area contributed by atoms with Crippen molar-refractivity contribution in [1.29, 1.82) is 0 Å². The van der Waals surface area contributed by atoms with E-state index >= 15 is 0 Å². The zero-order valence-electron chi connectivity index (χ0n) is 12.2. The lowest BCUT2D eigenvalue weighted by atomic mass is 10.2. The first-order valence-corrected chi connectivity index (χ1v) is 7.75. The number of nitrogens with one attached hydrogen (secondary N) is 1. The molecule has 2 aromatic carbocycles. The van der Waals surface area contributed by atoms with Gasteiger partial charge in [-0.05, 0) is 55.5 Å². The number of carbonyl (C=O) groups excluding carboxylic acids is 1. The van der Waals surface area contributed by atoms with Gasteiger partial charge in [0, 0.05) is 10.9 Å². The molecule has 0 saturated carbocycles. The van der Waals surface area contributed by atoms with E-state index in [1.807, 2.05) is 12.3 Å². The van der Waals surface area contributed by atoms with Crippen LogP contribution >= 0.6 is 11.3 Å². The fourth-order valence-electron chi connectivity index (χ4n) is 1.89. The summed E-state index contributed by atoms with van der Waals surface area (Å²) in [4.78, 5) is 16.3. The molecule has 0 fully saturated rings. The molecule has 0 aliphatic heterocycles. The maximum Gasteiger partial charge on any atom is 0.257 e. The highest BCUT2D eigenvalue weighted by molar-refractivity contribution is 7.13. The quantitative estimate of drug-likeness (QED) is 0.759. The molecule has 0 aliphatic rings. The van der Waals surface area contributed by atoms with E-state index in [4.69, 9.17) is 4.74 Å². The van der Waals surface area contributed by atoms with Crippen LogP contribution in [0.5, 0.6) is 11.5 Å². The lowest BCUT2D eigenvalue weighted by Crippen LogP contribution is -2.11. The smallest absolute Gasteiger partial charge is 0.257 e. The van der Waals surface area contributed by atoms with Crippen LogP contribution in [-0.4, -0.2) is 10.9 Å². The van der Waals surface area contributed by atoms with Crippen molar-refractivity contribution in [3.05, 3.63) is 71.0 Å². The van der Waals surface area contributed by atoms with E-state index in [0.717, 1.165) is 5.69 Å². The lowest BCUT2D eigenvalue weighted by molar-refractivity contribution is 0.102. The van der Waals surface area contributed by atoms with Crippen molar-refractivity contribution in [1.82, 2.24) is 4.98 Å². The highest BCUT2D eigenvalue weighted by Gasteiger charge is 2.08. The van der Waals surface area contributed by atoms with Crippen LogP contribution in [0.4, 0.5) is 9.52 Å². The molecule has 1 N–H and O–H groups in total. The van der Waals surface area contributed by atoms with Crippen LogP contribution in [0.2, 0.25) is 0 Å². The van der Waals surface area contributed by atoms with Crippen LogP contribution in [0.3, 0.4) is 0 Å². The number of rotatable bonds is 4. The van der Waals surface area contributed by atoms with Gasteiger partial charge < -0.3 is 4.74 Å². The molecular formula is C17H13FN2O2S. The summed E-state index contributed by atoms with van der Waals surface area (Å²) in [5, 5.41) is 5.18. The van der Waals surface area contributed by atoms with E-state index in [2.05, 4.69) is 10.3 Å². The second-order valence-corrected chi connectivity index (χ2v) is 5.69.